The maximum Gasteiger partial charge on any atom is 0.524 e. The molecule has 2 bridgehead atoms. The van der Waals surface area contributed by atoms with E-state index in [0.717, 1.165) is 25.9 Å². The Hall–Kier alpha value is -1.13. The molecular weight excluding hydrogens is 337 g/mol. The minimum Gasteiger partial charge on any atom is -0.404 e. The highest BCUT2D eigenvalue weighted by atomic mass is 31.2. The summed E-state index contributed by atoms with van der Waals surface area (Å²) < 4.78 is 16.1. The van der Waals surface area contributed by atoms with Gasteiger partial charge in [-0.1, -0.05) is 25.0 Å². The number of nitrogens with zero attached hydrogens (tertiary/aromatic N) is 1. The van der Waals surface area contributed by atoms with E-state index in [4.69, 9.17) is 14.3 Å². The Balaban J connectivity index is 1.77. The highest BCUT2D eigenvalue weighted by Crippen LogP contribution is 2.56. The molecule has 25 heavy (non-hydrogen) atoms. The van der Waals surface area contributed by atoms with Gasteiger partial charge in [-0.25, -0.2) is 4.57 Å². The predicted molar refractivity (Wildman–Crippen MR) is 96.6 cm³/mol. The predicted octanol–water partition coefficient (Wildman–Crippen LogP) is 3.40. The van der Waals surface area contributed by atoms with Crippen molar-refractivity contribution in [2.75, 3.05) is 13.1 Å². The van der Waals surface area contributed by atoms with Gasteiger partial charge in [0.15, 0.2) is 0 Å². The standard InChI is InChI=1S/C19H26NO4P/c1-2-10-20-11-9-19-8-4-3-5-16(19)18(20)12-14-6-7-15(13-17(14)19)24-25(21,22)23/h2,6-7,13,16,18H,1,3-5,8-12H2,(H2,21,22,23). The van der Waals surface area contributed by atoms with Crippen LogP contribution in [0.4, 0.5) is 0 Å². The van der Waals surface area contributed by atoms with E-state index in [0.29, 0.717) is 12.0 Å². The largest absolute Gasteiger partial charge is 0.524 e. The Bertz CT molecular complexity index is 730. The number of hydrogen-bond donors (Lipinski definition) is 2. The van der Waals surface area contributed by atoms with Gasteiger partial charge < -0.3 is 4.52 Å². The third-order valence-corrected chi connectivity index (χ3v) is 6.96. The lowest BCUT2D eigenvalue weighted by Crippen LogP contribution is -2.60. The fourth-order valence-corrected chi connectivity index (χ4v) is 6.04. The molecule has 3 unspecified atom stereocenters. The second-order valence-electron chi connectivity index (χ2n) is 7.71. The molecule has 1 aromatic rings. The normalized spacial score (nSPS) is 31.8. The summed E-state index contributed by atoms with van der Waals surface area (Å²) in [5.41, 5.74) is 2.73. The number of fused-ring (bicyclic) bond motifs is 1. The third kappa shape index (κ3) is 2.97. The smallest absolute Gasteiger partial charge is 0.404 e. The van der Waals surface area contributed by atoms with Crippen LogP contribution in [0.2, 0.25) is 0 Å². The van der Waals surface area contributed by atoms with Crippen molar-refractivity contribution in [3.63, 3.8) is 0 Å². The summed E-state index contributed by atoms with van der Waals surface area (Å²) in [6.45, 7) is 5.92. The molecule has 0 spiro atoms. The first-order chi connectivity index (χ1) is 11.9. The van der Waals surface area contributed by atoms with Crippen molar-refractivity contribution in [1.29, 1.82) is 0 Å². The maximum atomic E-state index is 11.2. The van der Waals surface area contributed by atoms with Crippen LogP contribution in [0.5, 0.6) is 5.75 Å². The highest BCUT2D eigenvalue weighted by Gasteiger charge is 2.53. The molecular formula is C19H26NO4P. The number of rotatable bonds is 4. The number of piperidine rings is 1. The van der Waals surface area contributed by atoms with Gasteiger partial charge >= 0.3 is 7.82 Å². The molecule has 6 heteroatoms. The molecule has 5 nitrogen and oxygen atoms in total. The number of likely N-dealkylation sites (tertiary alicyclic amines) is 1. The molecule has 2 N–H and O–H groups in total. The number of phosphoric ester groups is 1. The van der Waals surface area contributed by atoms with Gasteiger partial charge in [-0.05, 0) is 61.4 Å². The summed E-state index contributed by atoms with van der Waals surface area (Å²) in [5, 5.41) is 0. The summed E-state index contributed by atoms with van der Waals surface area (Å²) in [6.07, 6.45) is 9.03. The van der Waals surface area contributed by atoms with Gasteiger partial charge in [0, 0.05) is 18.0 Å². The van der Waals surface area contributed by atoms with Gasteiger partial charge in [-0.3, -0.25) is 14.7 Å². The lowest BCUT2D eigenvalue weighted by molar-refractivity contribution is -0.00515. The van der Waals surface area contributed by atoms with Crippen LogP contribution in [0.3, 0.4) is 0 Å². The monoisotopic (exact) mass is 363 g/mol. The van der Waals surface area contributed by atoms with E-state index in [1.807, 2.05) is 18.2 Å². The number of hydrogen-bond acceptors (Lipinski definition) is 3. The summed E-state index contributed by atoms with van der Waals surface area (Å²) in [6, 6.07) is 6.17. The van der Waals surface area contributed by atoms with Gasteiger partial charge in [0.25, 0.3) is 0 Å². The molecule has 4 rings (SSSR count). The molecule has 136 valence electrons. The molecule has 0 radical (unpaired) electrons. The molecule has 1 aliphatic heterocycles. The van der Waals surface area contributed by atoms with Gasteiger partial charge in [-0.2, -0.15) is 0 Å². The van der Waals surface area contributed by atoms with E-state index in [1.54, 1.807) is 6.07 Å². The third-order valence-electron chi connectivity index (χ3n) is 6.51. The Labute approximate surface area is 148 Å². The van der Waals surface area contributed by atoms with Crippen molar-refractivity contribution in [2.45, 2.75) is 50.0 Å². The van der Waals surface area contributed by atoms with Crippen LogP contribution in [0.25, 0.3) is 0 Å². The summed E-state index contributed by atoms with van der Waals surface area (Å²) in [7, 11) is -4.53. The Morgan fingerprint density at radius 1 is 1.36 bits per heavy atom. The van der Waals surface area contributed by atoms with E-state index in [-0.39, 0.29) is 11.2 Å². The van der Waals surface area contributed by atoms with Gasteiger partial charge in [0.1, 0.15) is 5.75 Å². The van der Waals surface area contributed by atoms with Crippen LogP contribution in [-0.4, -0.2) is 33.8 Å². The summed E-state index contributed by atoms with van der Waals surface area (Å²) in [4.78, 5) is 20.9. The van der Waals surface area contributed by atoms with Crippen molar-refractivity contribution in [3.05, 3.63) is 42.0 Å². The van der Waals surface area contributed by atoms with E-state index in [9.17, 15) is 4.57 Å². The fourth-order valence-electron chi connectivity index (χ4n) is 5.65. The van der Waals surface area contributed by atoms with Crippen molar-refractivity contribution in [1.82, 2.24) is 4.90 Å². The first-order valence-electron chi connectivity index (χ1n) is 9.16. The average Bonchev–Trinajstić information content (AvgIpc) is 2.56. The lowest BCUT2D eigenvalue weighted by atomic mass is 9.52. The zero-order valence-corrected chi connectivity index (χ0v) is 15.3. The van der Waals surface area contributed by atoms with E-state index >= 15 is 0 Å². The average molecular weight is 363 g/mol. The molecule has 2 aliphatic carbocycles. The quantitative estimate of drug-likeness (QED) is 0.634. The van der Waals surface area contributed by atoms with E-state index in [2.05, 4.69) is 11.5 Å². The maximum absolute atomic E-state index is 11.2. The summed E-state index contributed by atoms with van der Waals surface area (Å²) in [5.74, 6) is 0.908. The van der Waals surface area contributed by atoms with Crippen molar-refractivity contribution < 1.29 is 18.9 Å². The number of benzene rings is 1. The van der Waals surface area contributed by atoms with E-state index < -0.39 is 7.82 Å². The SMILES string of the molecule is C=CCN1CCC23CCCCC2C1Cc1ccc(OP(=O)(O)O)cc13. The van der Waals surface area contributed by atoms with Gasteiger partial charge in [0.05, 0.1) is 0 Å². The minimum absolute atomic E-state index is 0.141. The van der Waals surface area contributed by atoms with Crippen LogP contribution < -0.4 is 4.52 Å². The first kappa shape index (κ1) is 17.3. The molecule has 2 fully saturated rings. The zero-order chi connectivity index (χ0) is 17.7. The van der Waals surface area contributed by atoms with Crippen LogP contribution in [0, 0.1) is 5.92 Å². The molecule has 1 saturated carbocycles. The van der Waals surface area contributed by atoms with Crippen LogP contribution in [0.15, 0.2) is 30.9 Å². The molecule has 3 aliphatic rings. The zero-order valence-electron chi connectivity index (χ0n) is 14.4. The lowest BCUT2D eigenvalue weighted by Gasteiger charge is -2.59. The van der Waals surface area contributed by atoms with Crippen molar-refractivity contribution in [3.8, 4) is 5.75 Å². The Kier molecular flexibility index (Phi) is 4.32. The minimum atomic E-state index is -4.53. The van der Waals surface area contributed by atoms with Gasteiger partial charge in [0.2, 0.25) is 0 Å². The van der Waals surface area contributed by atoms with Crippen molar-refractivity contribution in [2.24, 2.45) is 5.92 Å². The van der Waals surface area contributed by atoms with Gasteiger partial charge in [-0.15, -0.1) is 6.58 Å². The van der Waals surface area contributed by atoms with Crippen LogP contribution in [0.1, 0.15) is 43.2 Å². The Morgan fingerprint density at radius 2 is 2.20 bits per heavy atom. The topological polar surface area (TPSA) is 70.0 Å². The second-order valence-corrected chi connectivity index (χ2v) is 8.88. The molecule has 1 aromatic carbocycles. The van der Waals surface area contributed by atoms with Crippen LogP contribution >= 0.6 is 7.82 Å². The number of phosphoric acid groups is 1. The summed E-state index contributed by atoms with van der Waals surface area (Å²) >= 11 is 0. The second kappa shape index (κ2) is 6.24. The van der Waals surface area contributed by atoms with E-state index in [1.165, 1.54) is 36.8 Å². The van der Waals surface area contributed by atoms with Crippen LogP contribution in [-0.2, 0) is 16.4 Å². The molecule has 1 saturated heterocycles. The molecule has 3 atom stereocenters. The first-order valence-corrected chi connectivity index (χ1v) is 10.7. The Morgan fingerprint density at radius 3 is 2.96 bits per heavy atom. The molecule has 0 aromatic heterocycles. The fraction of sp³-hybridized carbons (Fsp3) is 0.579. The molecule has 1 heterocycles. The highest BCUT2D eigenvalue weighted by molar-refractivity contribution is 7.46. The van der Waals surface area contributed by atoms with Crippen molar-refractivity contribution >= 4 is 7.82 Å². The molecule has 0 amide bonds.